The lowest BCUT2D eigenvalue weighted by atomic mass is 9.88. The van der Waals surface area contributed by atoms with Crippen molar-refractivity contribution in [3.05, 3.63) is 35.9 Å². The number of nitrogens with zero attached hydrogens (tertiary/aromatic N) is 3. The standard InChI is InChI=1S/C22H35N3O2/c1-23(2)13-18-12-19(17-26)15-25(14-18)22(27)16-24-10-8-21(9-11-24)20-6-4-3-5-7-20/h3-7,18-19,21,26H,8-17H2,1-2H3/t18-,19-/m0/s1. The monoisotopic (exact) mass is 373 g/mol. The second-order valence-corrected chi connectivity index (χ2v) is 8.67. The lowest BCUT2D eigenvalue weighted by Gasteiger charge is -2.40. The maximum atomic E-state index is 12.9. The zero-order chi connectivity index (χ0) is 19.2. The van der Waals surface area contributed by atoms with E-state index in [1.807, 2.05) is 4.90 Å². The molecule has 2 atom stereocenters. The molecule has 1 aromatic rings. The molecule has 2 aliphatic heterocycles. The summed E-state index contributed by atoms with van der Waals surface area (Å²) in [7, 11) is 4.15. The Morgan fingerprint density at radius 3 is 2.41 bits per heavy atom. The van der Waals surface area contributed by atoms with E-state index < -0.39 is 0 Å². The molecule has 0 spiro atoms. The van der Waals surface area contributed by atoms with Gasteiger partial charge in [-0.3, -0.25) is 9.69 Å². The molecule has 5 heteroatoms. The summed E-state index contributed by atoms with van der Waals surface area (Å²) in [5, 5.41) is 9.64. The van der Waals surface area contributed by atoms with E-state index in [2.05, 4.69) is 54.2 Å². The van der Waals surface area contributed by atoms with Crippen molar-refractivity contribution in [3.63, 3.8) is 0 Å². The molecule has 1 N–H and O–H groups in total. The largest absolute Gasteiger partial charge is 0.396 e. The number of amides is 1. The molecule has 0 bridgehead atoms. The molecule has 27 heavy (non-hydrogen) atoms. The highest BCUT2D eigenvalue weighted by Gasteiger charge is 2.31. The minimum Gasteiger partial charge on any atom is -0.396 e. The van der Waals surface area contributed by atoms with Gasteiger partial charge in [-0.2, -0.15) is 0 Å². The van der Waals surface area contributed by atoms with E-state index in [-0.39, 0.29) is 18.4 Å². The first-order valence-corrected chi connectivity index (χ1v) is 10.4. The number of hydrogen-bond acceptors (Lipinski definition) is 4. The van der Waals surface area contributed by atoms with Crippen LogP contribution in [0.15, 0.2) is 30.3 Å². The van der Waals surface area contributed by atoms with Crippen LogP contribution in [0.5, 0.6) is 0 Å². The van der Waals surface area contributed by atoms with Gasteiger partial charge in [0.1, 0.15) is 0 Å². The lowest BCUT2D eigenvalue weighted by Crippen LogP contribution is -2.50. The van der Waals surface area contributed by atoms with Crippen molar-refractivity contribution in [2.24, 2.45) is 11.8 Å². The maximum absolute atomic E-state index is 12.9. The number of benzene rings is 1. The van der Waals surface area contributed by atoms with Crippen LogP contribution >= 0.6 is 0 Å². The van der Waals surface area contributed by atoms with Gasteiger partial charge in [0.05, 0.1) is 6.54 Å². The molecule has 2 heterocycles. The predicted molar refractivity (Wildman–Crippen MR) is 109 cm³/mol. The van der Waals surface area contributed by atoms with Gasteiger partial charge < -0.3 is 14.9 Å². The van der Waals surface area contributed by atoms with E-state index in [9.17, 15) is 9.90 Å². The van der Waals surface area contributed by atoms with Crippen LogP contribution < -0.4 is 0 Å². The Balaban J connectivity index is 1.49. The van der Waals surface area contributed by atoms with E-state index in [0.717, 1.165) is 45.4 Å². The number of hydrogen-bond donors (Lipinski definition) is 1. The van der Waals surface area contributed by atoms with Crippen LogP contribution in [0.3, 0.4) is 0 Å². The molecular formula is C22H35N3O2. The zero-order valence-electron chi connectivity index (χ0n) is 16.9. The Hall–Kier alpha value is -1.43. The molecule has 150 valence electrons. The number of piperidine rings is 2. The Morgan fingerprint density at radius 1 is 1.11 bits per heavy atom. The first kappa shape index (κ1) is 20.3. The average Bonchev–Trinajstić information content (AvgIpc) is 2.68. The Bertz CT molecular complexity index is 584. The summed E-state index contributed by atoms with van der Waals surface area (Å²) in [5.41, 5.74) is 1.43. The lowest BCUT2D eigenvalue weighted by molar-refractivity contribution is -0.136. The zero-order valence-corrected chi connectivity index (χ0v) is 16.9. The average molecular weight is 374 g/mol. The summed E-state index contributed by atoms with van der Waals surface area (Å²) in [5.74, 6) is 1.53. The summed E-state index contributed by atoms with van der Waals surface area (Å²) >= 11 is 0. The molecule has 2 aliphatic rings. The Labute approximate surface area is 163 Å². The molecule has 2 saturated heterocycles. The molecule has 1 aromatic carbocycles. The van der Waals surface area contributed by atoms with Crippen molar-refractivity contribution in [2.75, 3.05) is 60.0 Å². The molecule has 2 fully saturated rings. The molecule has 3 rings (SSSR count). The Kier molecular flexibility index (Phi) is 7.27. The highest BCUT2D eigenvalue weighted by molar-refractivity contribution is 5.78. The van der Waals surface area contributed by atoms with E-state index in [4.69, 9.17) is 0 Å². The molecule has 0 saturated carbocycles. The molecule has 5 nitrogen and oxygen atoms in total. The van der Waals surface area contributed by atoms with E-state index in [1.165, 1.54) is 5.56 Å². The van der Waals surface area contributed by atoms with Crippen molar-refractivity contribution < 1.29 is 9.90 Å². The van der Waals surface area contributed by atoms with Gasteiger partial charge in [-0.15, -0.1) is 0 Å². The van der Waals surface area contributed by atoms with Crippen molar-refractivity contribution in [1.82, 2.24) is 14.7 Å². The van der Waals surface area contributed by atoms with Crippen LogP contribution in [0.4, 0.5) is 0 Å². The summed E-state index contributed by atoms with van der Waals surface area (Å²) in [4.78, 5) is 19.4. The minimum atomic E-state index is 0.177. The van der Waals surface area contributed by atoms with Crippen LogP contribution in [0, 0.1) is 11.8 Å². The van der Waals surface area contributed by atoms with Crippen molar-refractivity contribution >= 4 is 5.91 Å². The van der Waals surface area contributed by atoms with Crippen LogP contribution in [0.1, 0.15) is 30.7 Å². The van der Waals surface area contributed by atoms with Gasteiger partial charge in [-0.05, 0) is 69.8 Å². The maximum Gasteiger partial charge on any atom is 0.236 e. The van der Waals surface area contributed by atoms with Gasteiger partial charge in [0, 0.05) is 26.2 Å². The molecule has 0 aromatic heterocycles. The van der Waals surface area contributed by atoms with Gasteiger partial charge in [0.15, 0.2) is 0 Å². The van der Waals surface area contributed by atoms with Crippen molar-refractivity contribution in [2.45, 2.75) is 25.2 Å². The number of aliphatic hydroxyl groups is 1. The highest BCUT2D eigenvalue weighted by Crippen LogP contribution is 2.28. The first-order valence-electron chi connectivity index (χ1n) is 10.4. The van der Waals surface area contributed by atoms with Gasteiger partial charge >= 0.3 is 0 Å². The van der Waals surface area contributed by atoms with Crippen LogP contribution in [0.2, 0.25) is 0 Å². The van der Waals surface area contributed by atoms with Crippen LogP contribution in [-0.4, -0.2) is 85.7 Å². The SMILES string of the molecule is CN(C)C[C@@H]1C[C@H](CO)CN(C(=O)CN2CCC(c3ccccc3)CC2)C1. The summed E-state index contributed by atoms with van der Waals surface area (Å²) in [6.07, 6.45) is 3.26. The van der Waals surface area contributed by atoms with Crippen molar-refractivity contribution in [3.8, 4) is 0 Å². The second-order valence-electron chi connectivity index (χ2n) is 8.67. The van der Waals surface area contributed by atoms with Crippen LogP contribution in [0.25, 0.3) is 0 Å². The molecule has 0 aliphatic carbocycles. The van der Waals surface area contributed by atoms with Crippen molar-refractivity contribution in [1.29, 1.82) is 0 Å². The van der Waals surface area contributed by atoms with E-state index in [0.29, 0.717) is 24.9 Å². The third kappa shape index (κ3) is 5.77. The summed E-state index contributed by atoms with van der Waals surface area (Å²) < 4.78 is 0. The number of likely N-dealkylation sites (tertiary alicyclic amines) is 2. The molecule has 0 unspecified atom stereocenters. The second kappa shape index (κ2) is 9.67. The molecule has 0 radical (unpaired) electrons. The molecule has 1 amide bonds. The summed E-state index contributed by atoms with van der Waals surface area (Å²) in [6, 6.07) is 10.7. The quantitative estimate of drug-likeness (QED) is 0.827. The van der Waals surface area contributed by atoms with Gasteiger partial charge in [0.25, 0.3) is 0 Å². The third-order valence-corrected chi connectivity index (χ3v) is 6.08. The number of carbonyl (C=O) groups excluding carboxylic acids is 1. The number of rotatable bonds is 6. The topological polar surface area (TPSA) is 47.0 Å². The fraction of sp³-hybridized carbons (Fsp3) is 0.682. The Morgan fingerprint density at radius 2 is 1.78 bits per heavy atom. The number of aliphatic hydroxyl groups excluding tert-OH is 1. The predicted octanol–water partition coefficient (Wildman–Crippen LogP) is 1.88. The fourth-order valence-corrected chi connectivity index (χ4v) is 4.74. The van der Waals surface area contributed by atoms with E-state index in [1.54, 1.807) is 0 Å². The van der Waals surface area contributed by atoms with Gasteiger partial charge in [0.2, 0.25) is 5.91 Å². The van der Waals surface area contributed by atoms with Gasteiger partial charge in [-0.1, -0.05) is 30.3 Å². The van der Waals surface area contributed by atoms with Crippen LogP contribution in [-0.2, 0) is 4.79 Å². The van der Waals surface area contributed by atoms with Gasteiger partial charge in [-0.25, -0.2) is 0 Å². The highest BCUT2D eigenvalue weighted by atomic mass is 16.3. The summed E-state index contributed by atoms with van der Waals surface area (Å²) in [6.45, 7) is 5.19. The smallest absolute Gasteiger partial charge is 0.236 e. The number of carbonyl (C=O) groups is 1. The normalized spacial score (nSPS) is 25.1. The first-order chi connectivity index (χ1) is 13.0. The third-order valence-electron chi connectivity index (χ3n) is 6.08. The van der Waals surface area contributed by atoms with E-state index >= 15 is 0 Å². The fourth-order valence-electron chi connectivity index (χ4n) is 4.74. The minimum absolute atomic E-state index is 0.177. The molecular weight excluding hydrogens is 338 g/mol.